The summed E-state index contributed by atoms with van der Waals surface area (Å²) in [6.45, 7) is 0.00598. The van der Waals surface area contributed by atoms with Crippen molar-refractivity contribution in [2.24, 2.45) is 0 Å². The average Bonchev–Trinajstić information content (AvgIpc) is 2.40. The van der Waals surface area contributed by atoms with Crippen LogP contribution in [0.3, 0.4) is 0 Å². The fourth-order valence-electron chi connectivity index (χ4n) is 2.10. The van der Waals surface area contributed by atoms with Crippen molar-refractivity contribution in [2.75, 3.05) is 13.1 Å². The standard InChI is InChI=1S/C12H13FN2O5S/c13-8-2-1-3-9(6-8)21(19,20)15-5-4-14-12(18)10(15)7-11(16)17/h1-3,6,10H,4-5,7H2,(H,14,18)(H,16,17). The maximum absolute atomic E-state index is 13.2. The number of benzene rings is 1. The predicted molar refractivity (Wildman–Crippen MR) is 69.3 cm³/mol. The summed E-state index contributed by atoms with van der Waals surface area (Å²) >= 11 is 0. The molecule has 7 nitrogen and oxygen atoms in total. The Hall–Kier alpha value is -2.00. The van der Waals surface area contributed by atoms with Crippen LogP contribution in [0, 0.1) is 5.82 Å². The monoisotopic (exact) mass is 316 g/mol. The second-order valence-electron chi connectivity index (χ2n) is 4.48. The third kappa shape index (κ3) is 3.19. The number of rotatable bonds is 4. The Bertz CT molecular complexity index is 676. The van der Waals surface area contributed by atoms with E-state index in [4.69, 9.17) is 5.11 Å². The summed E-state index contributed by atoms with van der Waals surface area (Å²) in [4.78, 5) is 22.2. The first-order valence-electron chi connectivity index (χ1n) is 6.09. The zero-order chi connectivity index (χ0) is 15.6. The highest BCUT2D eigenvalue weighted by molar-refractivity contribution is 7.89. The van der Waals surface area contributed by atoms with Crippen molar-refractivity contribution in [1.29, 1.82) is 0 Å². The van der Waals surface area contributed by atoms with Crippen LogP contribution in [0.5, 0.6) is 0 Å². The Morgan fingerprint density at radius 1 is 1.48 bits per heavy atom. The van der Waals surface area contributed by atoms with E-state index in [-0.39, 0.29) is 18.0 Å². The van der Waals surface area contributed by atoms with Gasteiger partial charge < -0.3 is 10.4 Å². The molecule has 1 heterocycles. The van der Waals surface area contributed by atoms with E-state index in [1.807, 2.05) is 0 Å². The summed E-state index contributed by atoms with van der Waals surface area (Å²) in [5.41, 5.74) is 0. The van der Waals surface area contributed by atoms with Crippen molar-refractivity contribution in [2.45, 2.75) is 17.4 Å². The molecule has 1 unspecified atom stereocenters. The fraction of sp³-hybridized carbons (Fsp3) is 0.333. The minimum Gasteiger partial charge on any atom is -0.481 e. The average molecular weight is 316 g/mol. The van der Waals surface area contributed by atoms with Crippen LogP contribution in [0.4, 0.5) is 4.39 Å². The van der Waals surface area contributed by atoms with Gasteiger partial charge in [0, 0.05) is 13.1 Å². The number of nitrogens with one attached hydrogen (secondary N) is 1. The predicted octanol–water partition coefficient (Wildman–Crippen LogP) is -0.210. The summed E-state index contributed by atoms with van der Waals surface area (Å²) in [7, 11) is -4.14. The number of nitrogens with zero attached hydrogens (tertiary/aromatic N) is 1. The smallest absolute Gasteiger partial charge is 0.305 e. The molecule has 2 N–H and O–H groups in total. The van der Waals surface area contributed by atoms with Gasteiger partial charge >= 0.3 is 5.97 Å². The molecule has 0 spiro atoms. The van der Waals surface area contributed by atoms with Gasteiger partial charge in [0.15, 0.2) is 0 Å². The zero-order valence-electron chi connectivity index (χ0n) is 10.8. The first-order valence-corrected chi connectivity index (χ1v) is 7.53. The number of amides is 1. The molecule has 9 heteroatoms. The van der Waals surface area contributed by atoms with Gasteiger partial charge in [-0.15, -0.1) is 0 Å². The van der Waals surface area contributed by atoms with Crippen molar-refractivity contribution in [3.63, 3.8) is 0 Å². The first kappa shape index (κ1) is 15.4. The van der Waals surface area contributed by atoms with Crippen molar-refractivity contribution >= 4 is 21.9 Å². The summed E-state index contributed by atoms with van der Waals surface area (Å²) in [5, 5.41) is 11.2. The number of sulfonamides is 1. The molecule has 1 aromatic carbocycles. The van der Waals surface area contributed by atoms with E-state index in [0.717, 1.165) is 16.4 Å². The normalized spacial score (nSPS) is 20.0. The summed E-state index contributed by atoms with van der Waals surface area (Å²) < 4.78 is 38.9. The Balaban J connectivity index is 2.40. The molecule has 1 aromatic rings. The van der Waals surface area contributed by atoms with Crippen LogP contribution < -0.4 is 5.32 Å². The van der Waals surface area contributed by atoms with Gasteiger partial charge in [-0.2, -0.15) is 4.31 Å². The Morgan fingerprint density at radius 2 is 2.19 bits per heavy atom. The SMILES string of the molecule is O=C(O)CC1C(=O)NCCN1S(=O)(=O)c1cccc(F)c1. The maximum Gasteiger partial charge on any atom is 0.305 e. The Kier molecular flexibility index (Phi) is 4.24. The number of carboxylic acids is 1. The molecule has 0 aromatic heterocycles. The molecule has 1 amide bonds. The summed E-state index contributed by atoms with van der Waals surface area (Å²) in [6, 6.07) is 3.02. The molecule has 114 valence electrons. The zero-order valence-corrected chi connectivity index (χ0v) is 11.6. The number of piperazine rings is 1. The molecule has 1 fully saturated rings. The molecule has 2 rings (SSSR count). The van der Waals surface area contributed by atoms with Gasteiger partial charge in [-0.3, -0.25) is 9.59 Å². The Labute approximate surface area is 120 Å². The van der Waals surface area contributed by atoms with Crippen LogP contribution in [0.2, 0.25) is 0 Å². The fourth-order valence-corrected chi connectivity index (χ4v) is 3.72. The van der Waals surface area contributed by atoms with E-state index in [2.05, 4.69) is 5.32 Å². The second kappa shape index (κ2) is 5.78. The lowest BCUT2D eigenvalue weighted by Crippen LogP contribution is -2.57. The van der Waals surface area contributed by atoms with Gasteiger partial charge in [-0.1, -0.05) is 6.07 Å². The summed E-state index contributed by atoms with van der Waals surface area (Å²) in [5.74, 6) is -2.70. The van der Waals surface area contributed by atoms with E-state index in [1.54, 1.807) is 0 Å². The highest BCUT2D eigenvalue weighted by Crippen LogP contribution is 2.22. The van der Waals surface area contributed by atoms with Crippen LogP contribution in [0.25, 0.3) is 0 Å². The minimum absolute atomic E-state index is 0.0669. The number of halogens is 1. The van der Waals surface area contributed by atoms with Gasteiger partial charge in [-0.05, 0) is 18.2 Å². The van der Waals surface area contributed by atoms with E-state index in [9.17, 15) is 22.4 Å². The minimum atomic E-state index is -4.14. The number of carboxylic acid groups (broad SMARTS) is 1. The topological polar surface area (TPSA) is 104 Å². The Morgan fingerprint density at radius 3 is 2.81 bits per heavy atom. The van der Waals surface area contributed by atoms with Crippen LogP contribution in [0.15, 0.2) is 29.2 Å². The molecule has 1 atom stereocenters. The largest absolute Gasteiger partial charge is 0.481 e. The van der Waals surface area contributed by atoms with Crippen LogP contribution in [-0.2, 0) is 19.6 Å². The molecule has 0 saturated carbocycles. The molecular formula is C12H13FN2O5S. The highest BCUT2D eigenvalue weighted by Gasteiger charge is 2.39. The first-order chi connectivity index (χ1) is 9.82. The molecule has 1 aliphatic rings. The molecule has 21 heavy (non-hydrogen) atoms. The number of hydrogen-bond donors (Lipinski definition) is 2. The lowest BCUT2D eigenvalue weighted by Gasteiger charge is -2.33. The molecule has 1 aliphatic heterocycles. The van der Waals surface area contributed by atoms with Gasteiger partial charge in [0.1, 0.15) is 11.9 Å². The third-order valence-electron chi connectivity index (χ3n) is 3.05. The van der Waals surface area contributed by atoms with E-state index in [0.29, 0.717) is 0 Å². The lowest BCUT2D eigenvalue weighted by atomic mass is 10.1. The quantitative estimate of drug-likeness (QED) is 0.800. The lowest BCUT2D eigenvalue weighted by molar-refractivity contribution is -0.141. The highest BCUT2D eigenvalue weighted by atomic mass is 32.2. The van der Waals surface area contributed by atoms with Gasteiger partial charge in [-0.25, -0.2) is 12.8 Å². The number of carbonyl (C=O) groups excluding carboxylic acids is 1. The van der Waals surface area contributed by atoms with Crippen molar-refractivity contribution in [3.05, 3.63) is 30.1 Å². The molecule has 0 aliphatic carbocycles. The third-order valence-corrected chi connectivity index (χ3v) is 4.96. The maximum atomic E-state index is 13.2. The number of carbonyl (C=O) groups is 2. The van der Waals surface area contributed by atoms with E-state index in [1.165, 1.54) is 12.1 Å². The van der Waals surface area contributed by atoms with Crippen LogP contribution >= 0.6 is 0 Å². The van der Waals surface area contributed by atoms with Gasteiger partial charge in [0.25, 0.3) is 0 Å². The van der Waals surface area contributed by atoms with E-state index >= 15 is 0 Å². The second-order valence-corrected chi connectivity index (χ2v) is 6.37. The summed E-state index contributed by atoms with van der Waals surface area (Å²) in [6.07, 6.45) is -0.652. The number of aliphatic carboxylic acids is 1. The molecule has 0 radical (unpaired) electrons. The van der Waals surface area contributed by atoms with Gasteiger partial charge in [0.2, 0.25) is 15.9 Å². The van der Waals surface area contributed by atoms with Crippen molar-refractivity contribution < 1.29 is 27.5 Å². The number of hydrogen-bond acceptors (Lipinski definition) is 4. The van der Waals surface area contributed by atoms with Crippen LogP contribution in [-0.4, -0.2) is 48.8 Å². The molecular weight excluding hydrogens is 303 g/mol. The van der Waals surface area contributed by atoms with Crippen molar-refractivity contribution in [1.82, 2.24) is 9.62 Å². The van der Waals surface area contributed by atoms with E-state index < -0.39 is 40.2 Å². The molecule has 0 bridgehead atoms. The van der Waals surface area contributed by atoms with Gasteiger partial charge in [0.05, 0.1) is 11.3 Å². The van der Waals surface area contributed by atoms with Crippen molar-refractivity contribution in [3.8, 4) is 0 Å². The van der Waals surface area contributed by atoms with Crippen LogP contribution in [0.1, 0.15) is 6.42 Å². The molecule has 1 saturated heterocycles.